The zero-order chi connectivity index (χ0) is 12.5. The Labute approximate surface area is 110 Å². The third-order valence-electron chi connectivity index (χ3n) is 2.50. The molecule has 1 fully saturated rings. The summed E-state index contributed by atoms with van der Waals surface area (Å²) in [6.45, 7) is 2.50. The summed E-state index contributed by atoms with van der Waals surface area (Å²) in [4.78, 5) is 10.6. The average Bonchev–Trinajstić information content (AvgIpc) is 2.92. The number of benzene rings is 1. The molecule has 1 aliphatic carbocycles. The second-order valence-corrected chi connectivity index (χ2v) is 5.03. The average molecular weight is 275 g/mol. The minimum atomic E-state index is -1.04. The molecule has 2 unspecified atom stereocenters. The van der Waals surface area contributed by atoms with Crippen molar-refractivity contribution in [2.24, 2.45) is 0 Å². The van der Waals surface area contributed by atoms with E-state index in [2.05, 4.69) is 0 Å². The molecular formula is C12H12Cl2O3. The maximum atomic E-state index is 11.6. The molecule has 0 aliphatic heterocycles. The summed E-state index contributed by atoms with van der Waals surface area (Å²) in [5, 5.41) is -0.334. The summed E-state index contributed by atoms with van der Waals surface area (Å²) < 4.78 is 10.4. The third-order valence-corrected chi connectivity index (χ3v) is 3.71. The van der Waals surface area contributed by atoms with E-state index in [9.17, 15) is 4.79 Å². The number of hydrogen-bond donors (Lipinski definition) is 0. The van der Waals surface area contributed by atoms with E-state index in [1.54, 1.807) is 24.3 Å². The lowest BCUT2D eigenvalue weighted by Gasteiger charge is -2.08. The summed E-state index contributed by atoms with van der Waals surface area (Å²) in [6.07, 6.45) is 0.450. The highest BCUT2D eigenvalue weighted by Gasteiger charge is 2.60. The van der Waals surface area contributed by atoms with Gasteiger partial charge in [-0.25, -0.2) is 4.79 Å². The first-order valence-corrected chi connectivity index (χ1v) is 6.16. The zero-order valence-electron chi connectivity index (χ0n) is 9.28. The van der Waals surface area contributed by atoms with Gasteiger partial charge in [-0.05, 0) is 37.6 Å². The first-order valence-electron chi connectivity index (χ1n) is 5.34. The van der Waals surface area contributed by atoms with Crippen LogP contribution in [0.2, 0.25) is 0 Å². The Morgan fingerprint density at radius 2 is 1.94 bits per heavy atom. The summed E-state index contributed by atoms with van der Waals surface area (Å²) in [6, 6.07) is 6.79. The standard InChI is InChI=1S/C12H12Cl2O3/c1-2-16-8-3-5-9(6-4-8)17-11(15)12(14)7-10(12)13/h3-6,10H,2,7H2,1H3. The molecule has 3 nitrogen and oxygen atoms in total. The molecule has 0 saturated heterocycles. The van der Waals surface area contributed by atoms with Crippen molar-refractivity contribution in [2.75, 3.05) is 6.61 Å². The topological polar surface area (TPSA) is 35.5 Å². The van der Waals surface area contributed by atoms with Crippen molar-refractivity contribution in [1.82, 2.24) is 0 Å². The molecule has 0 bridgehead atoms. The predicted molar refractivity (Wildman–Crippen MR) is 66.1 cm³/mol. The van der Waals surface area contributed by atoms with Crippen LogP contribution in [-0.2, 0) is 4.79 Å². The van der Waals surface area contributed by atoms with Gasteiger partial charge >= 0.3 is 5.97 Å². The molecule has 17 heavy (non-hydrogen) atoms. The van der Waals surface area contributed by atoms with Gasteiger partial charge < -0.3 is 9.47 Å². The van der Waals surface area contributed by atoms with Crippen molar-refractivity contribution in [3.8, 4) is 11.5 Å². The fourth-order valence-corrected chi connectivity index (χ4v) is 1.98. The number of rotatable bonds is 4. The highest BCUT2D eigenvalue weighted by molar-refractivity contribution is 6.45. The van der Waals surface area contributed by atoms with E-state index in [0.29, 0.717) is 18.8 Å². The Morgan fingerprint density at radius 3 is 2.41 bits per heavy atom. The SMILES string of the molecule is CCOc1ccc(OC(=O)C2(Cl)CC2Cl)cc1. The number of ether oxygens (including phenoxy) is 2. The molecule has 0 N–H and O–H groups in total. The Hall–Kier alpha value is -0.930. The second-order valence-electron chi connectivity index (χ2n) is 3.83. The van der Waals surface area contributed by atoms with Crippen LogP contribution in [0.3, 0.4) is 0 Å². The lowest BCUT2D eigenvalue weighted by atomic mass is 10.3. The summed E-state index contributed by atoms with van der Waals surface area (Å²) in [5.41, 5.74) is 0. The molecule has 0 spiro atoms. The van der Waals surface area contributed by atoms with E-state index in [0.717, 1.165) is 5.75 Å². The molecule has 2 atom stereocenters. The number of hydrogen-bond acceptors (Lipinski definition) is 3. The van der Waals surface area contributed by atoms with Gasteiger partial charge in [-0.1, -0.05) is 0 Å². The van der Waals surface area contributed by atoms with Crippen LogP contribution >= 0.6 is 23.2 Å². The monoisotopic (exact) mass is 274 g/mol. The van der Waals surface area contributed by atoms with E-state index in [1.807, 2.05) is 6.92 Å². The van der Waals surface area contributed by atoms with Crippen molar-refractivity contribution in [3.05, 3.63) is 24.3 Å². The zero-order valence-corrected chi connectivity index (χ0v) is 10.8. The smallest absolute Gasteiger partial charge is 0.334 e. The molecule has 92 valence electrons. The van der Waals surface area contributed by atoms with Crippen molar-refractivity contribution in [3.63, 3.8) is 0 Å². The lowest BCUT2D eigenvalue weighted by Crippen LogP contribution is -2.24. The van der Waals surface area contributed by atoms with Crippen molar-refractivity contribution in [1.29, 1.82) is 0 Å². The summed E-state index contributed by atoms with van der Waals surface area (Å²) in [7, 11) is 0. The Balaban J connectivity index is 1.97. The predicted octanol–water partition coefficient (Wildman–Crippen LogP) is 2.98. The van der Waals surface area contributed by atoms with Gasteiger partial charge in [0, 0.05) is 0 Å². The molecule has 0 radical (unpaired) electrons. The third kappa shape index (κ3) is 2.67. The highest BCUT2D eigenvalue weighted by atomic mass is 35.5. The fourth-order valence-electron chi connectivity index (χ4n) is 1.38. The molecule has 1 aromatic carbocycles. The second kappa shape index (κ2) is 4.75. The van der Waals surface area contributed by atoms with Crippen LogP contribution in [0.25, 0.3) is 0 Å². The minimum Gasteiger partial charge on any atom is -0.494 e. The van der Waals surface area contributed by atoms with Gasteiger partial charge in [-0.15, -0.1) is 23.2 Å². The minimum absolute atomic E-state index is 0.334. The lowest BCUT2D eigenvalue weighted by molar-refractivity contribution is -0.134. The molecule has 0 aromatic heterocycles. The molecule has 1 aliphatic rings. The number of halogens is 2. The normalized spacial score (nSPS) is 26.4. The van der Waals surface area contributed by atoms with E-state index >= 15 is 0 Å². The quantitative estimate of drug-likeness (QED) is 0.481. The van der Waals surface area contributed by atoms with Crippen LogP contribution in [-0.4, -0.2) is 22.8 Å². The summed E-state index contributed by atoms with van der Waals surface area (Å²) >= 11 is 11.7. The maximum Gasteiger partial charge on any atom is 0.334 e. The van der Waals surface area contributed by atoms with Gasteiger partial charge in [0.1, 0.15) is 11.5 Å². The fraction of sp³-hybridized carbons (Fsp3) is 0.417. The van der Waals surface area contributed by atoms with Crippen LogP contribution in [0.1, 0.15) is 13.3 Å². The summed E-state index contributed by atoms with van der Waals surface area (Å²) in [5.74, 6) is 0.673. The number of esters is 1. The van der Waals surface area contributed by atoms with Crippen LogP contribution in [0, 0.1) is 0 Å². The van der Waals surface area contributed by atoms with Crippen LogP contribution in [0.5, 0.6) is 11.5 Å². The van der Waals surface area contributed by atoms with Crippen molar-refractivity contribution < 1.29 is 14.3 Å². The van der Waals surface area contributed by atoms with Crippen LogP contribution in [0.15, 0.2) is 24.3 Å². The molecule has 0 heterocycles. The molecule has 5 heteroatoms. The Morgan fingerprint density at radius 1 is 1.41 bits per heavy atom. The molecule has 1 aromatic rings. The van der Waals surface area contributed by atoms with E-state index in [4.69, 9.17) is 32.7 Å². The van der Waals surface area contributed by atoms with Gasteiger partial charge in [0.05, 0.1) is 12.0 Å². The van der Waals surface area contributed by atoms with Gasteiger partial charge in [0.25, 0.3) is 0 Å². The van der Waals surface area contributed by atoms with Gasteiger partial charge in [0.2, 0.25) is 0 Å². The maximum absolute atomic E-state index is 11.6. The number of carbonyl (C=O) groups excluding carboxylic acids is 1. The number of carbonyl (C=O) groups is 1. The van der Waals surface area contributed by atoms with Crippen LogP contribution in [0.4, 0.5) is 0 Å². The first-order chi connectivity index (χ1) is 8.06. The number of alkyl halides is 2. The Bertz CT molecular complexity index is 418. The van der Waals surface area contributed by atoms with E-state index in [1.165, 1.54) is 0 Å². The van der Waals surface area contributed by atoms with E-state index < -0.39 is 10.8 Å². The van der Waals surface area contributed by atoms with Crippen LogP contribution < -0.4 is 9.47 Å². The Kier molecular flexibility index (Phi) is 3.50. The van der Waals surface area contributed by atoms with Gasteiger partial charge in [0.15, 0.2) is 4.87 Å². The van der Waals surface area contributed by atoms with Gasteiger partial charge in [-0.2, -0.15) is 0 Å². The van der Waals surface area contributed by atoms with Crippen molar-refractivity contribution in [2.45, 2.75) is 23.6 Å². The largest absolute Gasteiger partial charge is 0.494 e. The molecule has 2 rings (SSSR count). The molecule has 0 amide bonds. The molecule has 1 saturated carbocycles. The van der Waals surface area contributed by atoms with Gasteiger partial charge in [-0.3, -0.25) is 0 Å². The first kappa shape index (κ1) is 12.5. The molecular weight excluding hydrogens is 263 g/mol. The highest BCUT2D eigenvalue weighted by Crippen LogP contribution is 2.48. The van der Waals surface area contributed by atoms with Crippen molar-refractivity contribution >= 4 is 29.2 Å². The van der Waals surface area contributed by atoms with E-state index in [-0.39, 0.29) is 5.38 Å².